The smallest absolute Gasteiger partial charge is 0.306 e. The maximum absolute atomic E-state index is 11.8. The molecule has 1 rings (SSSR count). The summed E-state index contributed by atoms with van der Waals surface area (Å²) in [5.41, 5.74) is 0.702. The Morgan fingerprint density at radius 2 is 2.00 bits per heavy atom. The van der Waals surface area contributed by atoms with Crippen molar-refractivity contribution in [2.75, 3.05) is 6.61 Å². The highest BCUT2D eigenvalue weighted by Gasteiger charge is 2.13. The van der Waals surface area contributed by atoms with Gasteiger partial charge in [0.25, 0.3) is 0 Å². The molecule has 0 fully saturated rings. The number of nitriles is 1. The van der Waals surface area contributed by atoms with Gasteiger partial charge in [-0.05, 0) is 12.5 Å². The van der Waals surface area contributed by atoms with Crippen molar-refractivity contribution in [1.29, 1.82) is 5.26 Å². The molecule has 0 bridgehead atoms. The zero-order valence-electron chi connectivity index (χ0n) is 10.3. The van der Waals surface area contributed by atoms with Gasteiger partial charge in [-0.2, -0.15) is 5.26 Å². The van der Waals surface area contributed by atoms with Crippen LogP contribution in [0.15, 0.2) is 24.3 Å². The maximum atomic E-state index is 11.8. The summed E-state index contributed by atoms with van der Waals surface area (Å²) in [4.78, 5) is 23.1. The fraction of sp³-hybridized carbons (Fsp3) is 0.357. The van der Waals surface area contributed by atoms with Crippen LogP contribution in [-0.4, -0.2) is 18.4 Å². The molecule has 0 aromatic heterocycles. The quantitative estimate of drug-likeness (QED) is 0.570. The number of hydrogen-bond donors (Lipinski definition) is 0. The van der Waals surface area contributed by atoms with Crippen molar-refractivity contribution in [2.45, 2.75) is 26.2 Å². The Hall–Kier alpha value is -2.15. The standard InChI is InChI=1S/C14H15NO3/c1-2-9-18-14(17)8-7-13(16)12-6-4-3-5-11(12)10-15/h3-6H,2,7-9H2,1H3. The first-order valence-electron chi connectivity index (χ1n) is 5.87. The van der Waals surface area contributed by atoms with Crippen LogP contribution in [0.25, 0.3) is 0 Å². The summed E-state index contributed by atoms with van der Waals surface area (Å²) < 4.78 is 4.88. The fourth-order valence-corrected chi connectivity index (χ4v) is 1.46. The Morgan fingerprint density at radius 1 is 1.28 bits per heavy atom. The Bertz CT molecular complexity index is 474. The molecule has 4 nitrogen and oxygen atoms in total. The molecule has 0 spiro atoms. The van der Waals surface area contributed by atoms with Crippen molar-refractivity contribution >= 4 is 11.8 Å². The van der Waals surface area contributed by atoms with E-state index in [2.05, 4.69) is 0 Å². The maximum Gasteiger partial charge on any atom is 0.306 e. The summed E-state index contributed by atoms with van der Waals surface area (Å²) >= 11 is 0. The third-order valence-corrected chi connectivity index (χ3v) is 2.37. The predicted octanol–water partition coefficient (Wildman–Crippen LogP) is 2.47. The van der Waals surface area contributed by atoms with Gasteiger partial charge in [0, 0.05) is 12.0 Å². The second kappa shape index (κ2) is 7.23. The third-order valence-electron chi connectivity index (χ3n) is 2.37. The molecule has 18 heavy (non-hydrogen) atoms. The fourth-order valence-electron chi connectivity index (χ4n) is 1.46. The molecular formula is C14H15NO3. The molecule has 0 heterocycles. The van der Waals surface area contributed by atoms with Crippen molar-refractivity contribution in [2.24, 2.45) is 0 Å². The van der Waals surface area contributed by atoms with E-state index >= 15 is 0 Å². The van der Waals surface area contributed by atoms with E-state index < -0.39 is 0 Å². The summed E-state index contributed by atoms with van der Waals surface area (Å²) in [6, 6.07) is 8.54. The normalized spacial score (nSPS) is 9.56. The minimum absolute atomic E-state index is 0.0542. The van der Waals surface area contributed by atoms with Gasteiger partial charge in [-0.25, -0.2) is 0 Å². The number of carbonyl (C=O) groups is 2. The number of nitrogens with zero attached hydrogens (tertiary/aromatic N) is 1. The van der Waals surface area contributed by atoms with Crippen molar-refractivity contribution in [3.05, 3.63) is 35.4 Å². The number of carbonyl (C=O) groups excluding carboxylic acids is 2. The van der Waals surface area contributed by atoms with Crippen LogP contribution in [0.1, 0.15) is 42.1 Å². The van der Waals surface area contributed by atoms with Gasteiger partial charge in [-0.3, -0.25) is 9.59 Å². The van der Waals surface area contributed by atoms with Crippen LogP contribution in [0.4, 0.5) is 0 Å². The molecule has 0 radical (unpaired) electrons. The van der Waals surface area contributed by atoms with Crippen molar-refractivity contribution < 1.29 is 14.3 Å². The minimum atomic E-state index is -0.375. The summed E-state index contributed by atoms with van der Waals surface area (Å²) in [6.07, 6.45) is 0.886. The number of rotatable bonds is 6. The molecule has 1 aromatic carbocycles. The molecule has 0 saturated heterocycles. The van der Waals surface area contributed by atoms with E-state index in [0.717, 1.165) is 6.42 Å². The van der Waals surface area contributed by atoms with Crippen LogP contribution < -0.4 is 0 Å². The average molecular weight is 245 g/mol. The second-order valence-corrected chi connectivity index (χ2v) is 3.80. The van der Waals surface area contributed by atoms with Gasteiger partial charge >= 0.3 is 5.97 Å². The Morgan fingerprint density at radius 3 is 2.67 bits per heavy atom. The lowest BCUT2D eigenvalue weighted by Crippen LogP contribution is -2.09. The van der Waals surface area contributed by atoms with Gasteiger partial charge in [0.2, 0.25) is 0 Å². The summed E-state index contributed by atoms with van der Waals surface area (Å²) in [5.74, 6) is -0.583. The number of ether oxygens (including phenoxy) is 1. The lowest BCUT2D eigenvalue weighted by molar-refractivity contribution is -0.143. The molecule has 94 valence electrons. The van der Waals surface area contributed by atoms with Crippen LogP contribution >= 0.6 is 0 Å². The van der Waals surface area contributed by atoms with Crippen LogP contribution in [0.5, 0.6) is 0 Å². The number of Topliss-reactive ketones (excluding diaryl/α,β-unsaturated/α-hetero) is 1. The lowest BCUT2D eigenvalue weighted by Gasteiger charge is -2.04. The number of ketones is 1. The zero-order valence-corrected chi connectivity index (χ0v) is 10.3. The van der Waals surface area contributed by atoms with Crippen molar-refractivity contribution in [3.63, 3.8) is 0 Å². The molecule has 0 N–H and O–H groups in total. The highest BCUT2D eigenvalue weighted by Crippen LogP contribution is 2.11. The average Bonchev–Trinajstić information content (AvgIpc) is 2.42. The largest absolute Gasteiger partial charge is 0.466 e. The highest BCUT2D eigenvalue weighted by molar-refractivity contribution is 5.99. The van der Waals surface area contributed by atoms with E-state index in [1.54, 1.807) is 24.3 Å². The van der Waals surface area contributed by atoms with Crippen molar-refractivity contribution in [1.82, 2.24) is 0 Å². The minimum Gasteiger partial charge on any atom is -0.466 e. The van der Waals surface area contributed by atoms with Gasteiger partial charge in [-0.15, -0.1) is 0 Å². The molecule has 0 saturated carbocycles. The number of benzene rings is 1. The summed E-state index contributed by atoms with van der Waals surface area (Å²) in [6.45, 7) is 2.28. The van der Waals surface area contributed by atoms with E-state index in [1.807, 2.05) is 13.0 Å². The zero-order chi connectivity index (χ0) is 13.4. The first kappa shape index (κ1) is 13.9. The lowest BCUT2D eigenvalue weighted by atomic mass is 10.0. The molecule has 0 aliphatic rings. The third kappa shape index (κ3) is 4.02. The molecular weight excluding hydrogens is 230 g/mol. The van der Waals surface area contributed by atoms with Crippen LogP contribution in [0, 0.1) is 11.3 Å². The Kier molecular flexibility index (Phi) is 5.59. The number of esters is 1. The van der Waals surface area contributed by atoms with E-state index in [1.165, 1.54) is 0 Å². The predicted molar refractivity (Wildman–Crippen MR) is 66.0 cm³/mol. The van der Waals surface area contributed by atoms with Gasteiger partial charge < -0.3 is 4.74 Å². The van der Waals surface area contributed by atoms with Crippen LogP contribution in [0.2, 0.25) is 0 Å². The molecule has 0 unspecified atom stereocenters. The molecule has 1 aromatic rings. The van der Waals surface area contributed by atoms with E-state index in [9.17, 15) is 9.59 Å². The monoisotopic (exact) mass is 245 g/mol. The SMILES string of the molecule is CCCOC(=O)CCC(=O)c1ccccc1C#N. The van der Waals surface area contributed by atoms with Gasteiger partial charge in [-0.1, -0.05) is 25.1 Å². The molecule has 0 aliphatic carbocycles. The first-order valence-corrected chi connectivity index (χ1v) is 5.87. The second-order valence-electron chi connectivity index (χ2n) is 3.80. The van der Waals surface area contributed by atoms with Gasteiger partial charge in [0.05, 0.1) is 24.7 Å². The summed E-state index contributed by atoms with van der Waals surface area (Å²) in [7, 11) is 0. The van der Waals surface area contributed by atoms with E-state index in [-0.39, 0.29) is 24.6 Å². The molecule has 0 amide bonds. The first-order chi connectivity index (χ1) is 8.69. The Labute approximate surface area is 106 Å². The van der Waals surface area contributed by atoms with E-state index in [4.69, 9.17) is 10.00 Å². The van der Waals surface area contributed by atoms with Crippen LogP contribution in [-0.2, 0) is 9.53 Å². The van der Waals surface area contributed by atoms with Crippen LogP contribution in [0.3, 0.4) is 0 Å². The molecule has 0 aliphatic heterocycles. The Balaban J connectivity index is 2.56. The van der Waals surface area contributed by atoms with E-state index in [0.29, 0.717) is 17.7 Å². The van der Waals surface area contributed by atoms with Gasteiger partial charge in [0.15, 0.2) is 5.78 Å². The van der Waals surface area contributed by atoms with Gasteiger partial charge in [0.1, 0.15) is 0 Å². The van der Waals surface area contributed by atoms with Crippen molar-refractivity contribution in [3.8, 4) is 6.07 Å². The highest BCUT2D eigenvalue weighted by atomic mass is 16.5. The summed E-state index contributed by atoms with van der Waals surface area (Å²) in [5, 5.41) is 8.87. The molecule has 4 heteroatoms. The molecule has 0 atom stereocenters. The topological polar surface area (TPSA) is 67.2 Å². The number of hydrogen-bond acceptors (Lipinski definition) is 4.